The molecule has 1 atom stereocenters. The first kappa shape index (κ1) is 20.5. The van der Waals surface area contributed by atoms with Crippen LogP contribution in [0, 0.1) is 5.82 Å². The Morgan fingerprint density at radius 1 is 1.06 bits per heavy atom. The van der Waals surface area contributed by atoms with E-state index in [1.54, 1.807) is 42.1 Å². The molecule has 1 aliphatic rings. The minimum absolute atomic E-state index is 0.187. The lowest BCUT2D eigenvalue weighted by Gasteiger charge is -2.26. The summed E-state index contributed by atoms with van der Waals surface area (Å²) in [5.74, 6) is 0.117. The average Bonchev–Trinajstić information content (AvgIpc) is 2.82. The lowest BCUT2D eigenvalue weighted by Crippen LogP contribution is -2.34. The summed E-state index contributed by atoms with van der Waals surface area (Å²) in [5.41, 5.74) is 1.63. The fraction of sp³-hybridized carbons (Fsp3) is 0.160. The van der Waals surface area contributed by atoms with Crippen molar-refractivity contribution >= 4 is 28.4 Å². The molecule has 4 aromatic rings. The van der Waals surface area contributed by atoms with Gasteiger partial charge in [0.1, 0.15) is 5.82 Å². The number of benzene rings is 3. The van der Waals surface area contributed by atoms with Crippen molar-refractivity contribution in [2.75, 3.05) is 5.75 Å². The average molecular weight is 446 g/mol. The maximum atomic E-state index is 13.9. The van der Waals surface area contributed by atoms with Gasteiger partial charge in [0.25, 0.3) is 11.5 Å². The minimum Gasteiger partial charge on any atom is -0.344 e. The molecule has 1 amide bonds. The molecule has 1 unspecified atom stereocenters. The quantitative estimate of drug-likeness (QED) is 0.501. The first-order valence-electron chi connectivity index (χ1n) is 10.4. The summed E-state index contributed by atoms with van der Waals surface area (Å²) in [6.45, 7) is 0.263. The van der Waals surface area contributed by atoms with E-state index in [2.05, 4.69) is 10.4 Å². The van der Waals surface area contributed by atoms with Crippen LogP contribution in [-0.2, 0) is 6.54 Å². The molecule has 0 aliphatic carbocycles. The zero-order valence-electron chi connectivity index (χ0n) is 17.1. The van der Waals surface area contributed by atoms with E-state index in [1.807, 2.05) is 30.3 Å². The normalized spacial score (nSPS) is 15.3. The first-order valence-corrected chi connectivity index (χ1v) is 11.4. The molecule has 5 rings (SSSR count). The van der Waals surface area contributed by atoms with Crippen LogP contribution in [0.1, 0.15) is 34.1 Å². The minimum atomic E-state index is -0.380. The Hall–Kier alpha value is -3.45. The molecule has 1 N–H and O–H groups in total. The third-order valence-electron chi connectivity index (χ3n) is 5.57. The van der Waals surface area contributed by atoms with Crippen molar-refractivity contribution in [3.8, 4) is 0 Å². The Balaban J connectivity index is 1.54. The van der Waals surface area contributed by atoms with E-state index in [4.69, 9.17) is 0 Å². The molecule has 0 radical (unpaired) electrons. The number of carbonyl (C=O) groups excluding carboxylic acids is 1. The number of amides is 1. The highest BCUT2D eigenvalue weighted by atomic mass is 32.2. The number of carbonyl (C=O) groups is 1. The summed E-state index contributed by atoms with van der Waals surface area (Å²) in [7, 11) is 0. The van der Waals surface area contributed by atoms with Gasteiger partial charge >= 0.3 is 0 Å². The lowest BCUT2D eigenvalue weighted by molar-refractivity contribution is 0.0929. The zero-order chi connectivity index (χ0) is 22.1. The highest BCUT2D eigenvalue weighted by Crippen LogP contribution is 2.36. The fourth-order valence-electron chi connectivity index (χ4n) is 4.01. The molecule has 0 spiro atoms. The molecule has 0 saturated carbocycles. The number of aromatic nitrogens is 2. The van der Waals surface area contributed by atoms with Gasteiger partial charge in [-0.25, -0.2) is 9.07 Å². The summed E-state index contributed by atoms with van der Waals surface area (Å²) in [5, 5.41) is 8.41. The maximum absolute atomic E-state index is 13.9. The van der Waals surface area contributed by atoms with Gasteiger partial charge < -0.3 is 5.32 Å². The van der Waals surface area contributed by atoms with E-state index in [-0.39, 0.29) is 35.6 Å². The number of hydrogen-bond acceptors (Lipinski definition) is 4. The first-order chi connectivity index (χ1) is 15.6. The number of nitrogens with one attached hydrogen (secondary N) is 1. The molecule has 0 fully saturated rings. The van der Waals surface area contributed by atoms with Crippen LogP contribution in [0.5, 0.6) is 0 Å². The zero-order valence-corrected chi connectivity index (χ0v) is 17.9. The molecule has 1 aliphatic heterocycles. The van der Waals surface area contributed by atoms with Gasteiger partial charge in [-0.3, -0.25) is 9.59 Å². The van der Waals surface area contributed by atoms with Crippen molar-refractivity contribution in [2.45, 2.75) is 23.9 Å². The predicted octanol–water partition coefficient (Wildman–Crippen LogP) is 4.55. The van der Waals surface area contributed by atoms with Crippen LogP contribution in [0.25, 0.3) is 10.8 Å². The fourth-order valence-corrected chi connectivity index (χ4v) is 5.11. The molecule has 160 valence electrons. The Morgan fingerprint density at radius 2 is 1.81 bits per heavy atom. The molecule has 0 saturated heterocycles. The number of thioether (sulfide) groups is 1. The summed E-state index contributed by atoms with van der Waals surface area (Å²) < 4.78 is 15.2. The largest absolute Gasteiger partial charge is 0.344 e. The van der Waals surface area contributed by atoms with Crippen molar-refractivity contribution < 1.29 is 9.18 Å². The Kier molecular flexibility index (Phi) is 5.49. The number of nitrogens with zero attached hydrogens (tertiary/aromatic N) is 2. The van der Waals surface area contributed by atoms with Crippen LogP contribution in [0.4, 0.5) is 4.39 Å². The Morgan fingerprint density at radius 3 is 2.62 bits per heavy atom. The molecule has 2 heterocycles. The third-order valence-corrected chi connectivity index (χ3v) is 6.70. The SMILES string of the molecule is O=C(NC1CCSc2ccc(F)cc21)c1nn(Cc2ccccc2)c(=O)c2ccccc12. The van der Waals surface area contributed by atoms with Crippen LogP contribution in [0.15, 0.2) is 82.5 Å². The molecule has 32 heavy (non-hydrogen) atoms. The van der Waals surface area contributed by atoms with Gasteiger partial charge in [-0.1, -0.05) is 48.5 Å². The number of hydrogen-bond donors (Lipinski definition) is 1. The second kappa shape index (κ2) is 8.59. The van der Waals surface area contributed by atoms with E-state index >= 15 is 0 Å². The molecule has 0 bridgehead atoms. The van der Waals surface area contributed by atoms with E-state index in [0.29, 0.717) is 17.2 Å². The molecular weight excluding hydrogens is 425 g/mol. The summed E-state index contributed by atoms with van der Waals surface area (Å²) in [6, 6.07) is 20.9. The molecule has 1 aromatic heterocycles. The van der Waals surface area contributed by atoms with Crippen LogP contribution in [0.2, 0.25) is 0 Å². The van der Waals surface area contributed by atoms with Gasteiger partial charge in [0.15, 0.2) is 5.69 Å². The van der Waals surface area contributed by atoms with E-state index in [9.17, 15) is 14.0 Å². The van der Waals surface area contributed by atoms with Crippen molar-refractivity contribution in [2.24, 2.45) is 0 Å². The number of rotatable bonds is 4. The summed E-state index contributed by atoms with van der Waals surface area (Å²) in [6.07, 6.45) is 0.689. The summed E-state index contributed by atoms with van der Waals surface area (Å²) >= 11 is 1.65. The second-order valence-electron chi connectivity index (χ2n) is 7.69. The Labute approximate surface area is 188 Å². The highest BCUT2D eigenvalue weighted by Gasteiger charge is 2.25. The van der Waals surface area contributed by atoms with Crippen LogP contribution in [0.3, 0.4) is 0 Å². The van der Waals surface area contributed by atoms with Crippen molar-refractivity contribution in [3.63, 3.8) is 0 Å². The van der Waals surface area contributed by atoms with Crippen molar-refractivity contribution in [3.05, 3.63) is 106 Å². The molecule has 7 heteroatoms. The Bertz CT molecular complexity index is 1370. The standard InChI is InChI=1S/C25H20FN3O2S/c26-17-10-11-22-20(14-17)21(12-13-32-22)27-24(30)23-18-8-4-5-9-19(18)25(31)29(28-23)15-16-6-2-1-3-7-16/h1-11,14,21H,12-13,15H2,(H,27,30). The van der Waals surface area contributed by atoms with E-state index in [0.717, 1.165) is 21.8 Å². The van der Waals surface area contributed by atoms with Gasteiger partial charge in [-0.15, -0.1) is 11.8 Å². The van der Waals surface area contributed by atoms with Gasteiger partial charge in [-0.2, -0.15) is 5.10 Å². The lowest BCUT2D eigenvalue weighted by atomic mass is 10.0. The maximum Gasteiger partial charge on any atom is 0.274 e. The van der Waals surface area contributed by atoms with Crippen LogP contribution >= 0.6 is 11.8 Å². The van der Waals surface area contributed by atoms with Crippen LogP contribution < -0.4 is 10.9 Å². The van der Waals surface area contributed by atoms with E-state index in [1.165, 1.54) is 16.8 Å². The van der Waals surface area contributed by atoms with Crippen LogP contribution in [-0.4, -0.2) is 21.4 Å². The number of halogens is 1. The third kappa shape index (κ3) is 3.91. The van der Waals surface area contributed by atoms with Gasteiger partial charge in [-0.05, 0) is 41.8 Å². The van der Waals surface area contributed by atoms with E-state index < -0.39 is 0 Å². The topological polar surface area (TPSA) is 64.0 Å². The molecule has 5 nitrogen and oxygen atoms in total. The van der Waals surface area contributed by atoms with Gasteiger partial charge in [0.2, 0.25) is 0 Å². The van der Waals surface area contributed by atoms with Crippen molar-refractivity contribution in [1.82, 2.24) is 15.1 Å². The molecular formula is C25H20FN3O2S. The monoisotopic (exact) mass is 445 g/mol. The smallest absolute Gasteiger partial charge is 0.274 e. The van der Waals surface area contributed by atoms with Crippen molar-refractivity contribution in [1.29, 1.82) is 0 Å². The second-order valence-corrected chi connectivity index (χ2v) is 8.82. The van der Waals surface area contributed by atoms with Gasteiger partial charge in [0.05, 0.1) is 18.0 Å². The highest BCUT2D eigenvalue weighted by molar-refractivity contribution is 7.99. The number of fused-ring (bicyclic) bond motifs is 2. The molecule has 3 aromatic carbocycles. The predicted molar refractivity (Wildman–Crippen MR) is 123 cm³/mol. The van der Waals surface area contributed by atoms with Gasteiger partial charge in [0, 0.05) is 16.0 Å². The summed E-state index contributed by atoms with van der Waals surface area (Å²) in [4.78, 5) is 27.3.